The lowest BCUT2D eigenvalue weighted by atomic mass is 10.1. The zero-order valence-electron chi connectivity index (χ0n) is 7.99. The van der Waals surface area contributed by atoms with Gasteiger partial charge in [0.1, 0.15) is 6.07 Å². The number of nitrogens with zero attached hydrogens (tertiary/aromatic N) is 1. The van der Waals surface area contributed by atoms with Gasteiger partial charge in [-0.3, -0.25) is 0 Å². The molecule has 0 radical (unpaired) electrons. The molecule has 1 rings (SSSR count). The fraction of sp³-hybridized carbons (Fsp3) is 0.300. The second kappa shape index (κ2) is 4.49. The van der Waals surface area contributed by atoms with E-state index in [1.165, 1.54) is 0 Å². The van der Waals surface area contributed by atoms with Crippen LogP contribution in [0.3, 0.4) is 0 Å². The molecule has 1 aromatic carbocycles. The quantitative estimate of drug-likeness (QED) is 0.621. The third kappa shape index (κ3) is 2.64. The minimum Gasteiger partial charge on any atom is -0.399 e. The molecule has 4 N–H and O–H groups in total. The first-order valence-corrected chi connectivity index (χ1v) is 4.35. The van der Waals surface area contributed by atoms with Gasteiger partial charge in [0.05, 0.1) is 17.4 Å². The first-order valence-electron chi connectivity index (χ1n) is 4.35. The molecule has 0 bridgehead atoms. The van der Waals surface area contributed by atoms with E-state index in [-0.39, 0.29) is 0 Å². The van der Waals surface area contributed by atoms with Crippen molar-refractivity contribution < 1.29 is 5.11 Å². The topological polar surface area (TPSA) is 82.1 Å². The number of anilines is 2. The lowest BCUT2D eigenvalue weighted by molar-refractivity contribution is 0.208. The Balaban J connectivity index is 2.82. The van der Waals surface area contributed by atoms with Crippen LogP contribution >= 0.6 is 0 Å². The van der Waals surface area contributed by atoms with E-state index in [0.29, 0.717) is 23.5 Å². The molecule has 0 fully saturated rings. The van der Waals surface area contributed by atoms with Crippen LogP contribution in [0.2, 0.25) is 0 Å². The summed E-state index contributed by atoms with van der Waals surface area (Å²) in [7, 11) is 0. The second-order valence-electron chi connectivity index (χ2n) is 3.15. The third-order valence-corrected chi connectivity index (χ3v) is 1.75. The Morgan fingerprint density at radius 3 is 2.93 bits per heavy atom. The molecule has 0 heterocycles. The molecule has 74 valence electrons. The molecule has 1 atom stereocenters. The maximum absolute atomic E-state index is 9.06. The smallest absolute Gasteiger partial charge is 0.101 e. The summed E-state index contributed by atoms with van der Waals surface area (Å²) in [6.45, 7) is 2.09. The summed E-state index contributed by atoms with van der Waals surface area (Å²) >= 11 is 0. The van der Waals surface area contributed by atoms with Gasteiger partial charge in [0.15, 0.2) is 0 Å². The lowest BCUT2D eigenvalue weighted by Crippen LogP contribution is -2.15. The molecule has 14 heavy (non-hydrogen) atoms. The highest BCUT2D eigenvalue weighted by molar-refractivity contribution is 5.62. The number of aliphatic hydroxyl groups is 1. The van der Waals surface area contributed by atoms with Crippen LogP contribution in [0, 0.1) is 11.3 Å². The largest absolute Gasteiger partial charge is 0.399 e. The monoisotopic (exact) mass is 191 g/mol. The van der Waals surface area contributed by atoms with Crippen molar-refractivity contribution in [1.82, 2.24) is 0 Å². The Morgan fingerprint density at radius 2 is 2.36 bits per heavy atom. The number of hydrogen-bond donors (Lipinski definition) is 3. The van der Waals surface area contributed by atoms with Crippen molar-refractivity contribution in [2.24, 2.45) is 0 Å². The summed E-state index contributed by atoms with van der Waals surface area (Å²) in [6.07, 6.45) is -0.445. The maximum atomic E-state index is 9.06. The molecular weight excluding hydrogens is 178 g/mol. The number of hydrogen-bond acceptors (Lipinski definition) is 4. The molecule has 0 aliphatic rings. The predicted octanol–water partition coefficient (Wildman–Crippen LogP) is 0.933. The molecule has 0 amide bonds. The van der Waals surface area contributed by atoms with Crippen molar-refractivity contribution in [2.45, 2.75) is 13.0 Å². The maximum Gasteiger partial charge on any atom is 0.101 e. The number of aliphatic hydroxyl groups excluding tert-OH is 1. The van der Waals surface area contributed by atoms with Gasteiger partial charge < -0.3 is 16.2 Å². The Kier molecular flexibility index (Phi) is 3.32. The first kappa shape index (κ1) is 10.4. The number of rotatable bonds is 3. The Morgan fingerprint density at radius 1 is 1.64 bits per heavy atom. The SMILES string of the molecule is CC(O)CNc1ccc(N)cc1C#N. The van der Waals surface area contributed by atoms with Crippen LogP contribution in [0.15, 0.2) is 18.2 Å². The second-order valence-corrected chi connectivity index (χ2v) is 3.15. The van der Waals surface area contributed by atoms with Crippen molar-refractivity contribution in [3.8, 4) is 6.07 Å². The highest BCUT2D eigenvalue weighted by atomic mass is 16.3. The summed E-state index contributed by atoms with van der Waals surface area (Å²) in [5.41, 5.74) is 7.28. The van der Waals surface area contributed by atoms with Crippen molar-refractivity contribution in [1.29, 1.82) is 5.26 Å². The van der Waals surface area contributed by atoms with E-state index >= 15 is 0 Å². The van der Waals surface area contributed by atoms with Gasteiger partial charge in [0.2, 0.25) is 0 Å². The van der Waals surface area contributed by atoms with Crippen molar-refractivity contribution >= 4 is 11.4 Å². The number of nitrogens with one attached hydrogen (secondary N) is 1. The summed E-state index contributed by atoms with van der Waals surface area (Å²) in [5.74, 6) is 0. The van der Waals surface area contributed by atoms with E-state index in [4.69, 9.17) is 16.1 Å². The van der Waals surface area contributed by atoms with Gasteiger partial charge in [-0.1, -0.05) is 0 Å². The fourth-order valence-corrected chi connectivity index (χ4v) is 1.07. The number of benzene rings is 1. The molecule has 4 nitrogen and oxygen atoms in total. The molecule has 0 spiro atoms. The van der Waals surface area contributed by atoms with E-state index in [1.54, 1.807) is 25.1 Å². The summed E-state index contributed by atoms with van der Waals surface area (Å²) in [5, 5.41) is 20.8. The van der Waals surface area contributed by atoms with Gasteiger partial charge in [-0.25, -0.2) is 0 Å². The standard InChI is InChI=1S/C10H13N3O/c1-7(14)6-13-10-3-2-9(12)4-8(10)5-11/h2-4,7,13-14H,6,12H2,1H3. The van der Waals surface area contributed by atoms with Crippen LogP contribution < -0.4 is 11.1 Å². The number of nitrogens with two attached hydrogens (primary N) is 1. The van der Waals surface area contributed by atoms with Gasteiger partial charge in [-0.15, -0.1) is 0 Å². The van der Waals surface area contributed by atoms with Crippen LogP contribution in [0.4, 0.5) is 11.4 Å². The molecule has 1 unspecified atom stereocenters. The minimum atomic E-state index is -0.445. The predicted molar refractivity (Wildman–Crippen MR) is 55.7 cm³/mol. The number of nitriles is 1. The number of nitrogen functional groups attached to an aromatic ring is 1. The van der Waals surface area contributed by atoms with Gasteiger partial charge >= 0.3 is 0 Å². The Labute approximate surface area is 83.0 Å². The van der Waals surface area contributed by atoms with Gasteiger partial charge in [0, 0.05) is 12.2 Å². The average molecular weight is 191 g/mol. The minimum absolute atomic E-state index is 0.415. The van der Waals surface area contributed by atoms with Crippen LogP contribution in [-0.4, -0.2) is 17.8 Å². The zero-order chi connectivity index (χ0) is 10.6. The molecule has 0 aromatic heterocycles. The van der Waals surface area contributed by atoms with Gasteiger partial charge in [-0.05, 0) is 25.1 Å². The summed E-state index contributed by atoms with van der Waals surface area (Å²) < 4.78 is 0. The van der Waals surface area contributed by atoms with Crippen LogP contribution in [0.25, 0.3) is 0 Å². The van der Waals surface area contributed by atoms with Gasteiger partial charge in [0.25, 0.3) is 0 Å². The molecule has 1 aromatic rings. The van der Waals surface area contributed by atoms with Crippen molar-refractivity contribution in [3.63, 3.8) is 0 Å². The van der Waals surface area contributed by atoms with E-state index in [1.807, 2.05) is 6.07 Å². The van der Waals surface area contributed by atoms with Crippen molar-refractivity contribution in [2.75, 3.05) is 17.6 Å². The normalized spacial score (nSPS) is 11.8. The van der Waals surface area contributed by atoms with E-state index in [0.717, 1.165) is 0 Å². The molecule has 0 saturated heterocycles. The molecule has 0 aliphatic heterocycles. The van der Waals surface area contributed by atoms with Crippen LogP contribution in [0.1, 0.15) is 12.5 Å². The van der Waals surface area contributed by atoms with Gasteiger partial charge in [-0.2, -0.15) is 5.26 Å². The Hall–Kier alpha value is -1.73. The first-order chi connectivity index (χ1) is 6.63. The summed E-state index contributed by atoms with van der Waals surface area (Å²) in [6, 6.07) is 7.08. The molecule has 0 saturated carbocycles. The van der Waals surface area contributed by atoms with Crippen molar-refractivity contribution in [3.05, 3.63) is 23.8 Å². The van der Waals surface area contributed by atoms with Crippen LogP contribution in [0.5, 0.6) is 0 Å². The van der Waals surface area contributed by atoms with E-state index < -0.39 is 6.10 Å². The van der Waals surface area contributed by atoms with Crippen LogP contribution in [-0.2, 0) is 0 Å². The molecule has 0 aliphatic carbocycles. The molecular formula is C10H13N3O. The average Bonchev–Trinajstić information content (AvgIpc) is 2.15. The highest BCUT2D eigenvalue weighted by Crippen LogP contribution is 2.17. The lowest BCUT2D eigenvalue weighted by Gasteiger charge is -2.09. The molecule has 4 heteroatoms. The fourth-order valence-electron chi connectivity index (χ4n) is 1.07. The highest BCUT2D eigenvalue weighted by Gasteiger charge is 2.02. The Bertz CT molecular complexity index is 355. The third-order valence-electron chi connectivity index (χ3n) is 1.75. The van der Waals surface area contributed by atoms with E-state index in [2.05, 4.69) is 5.32 Å². The van der Waals surface area contributed by atoms with E-state index in [9.17, 15) is 0 Å². The zero-order valence-corrected chi connectivity index (χ0v) is 7.99. The summed E-state index contributed by atoms with van der Waals surface area (Å²) in [4.78, 5) is 0.